The first kappa shape index (κ1) is 22.3. The molecule has 162 valence electrons. The van der Waals surface area contributed by atoms with Gasteiger partial charge in [0.1, 0.15) is 6.61 Å². The lowest BCUT2D eigenvalue weighted by Crippen LogP contribution is -1.97. The lowest BCUT2D eigenvalue weighted by atomic mass is 10.0. The van der Waals surface area contributed by atoms with E-state index in [-0.39, 0.29) is 17.9 Å². The van der Waals surface area contributed by atoms with Gasteiger partial charge in [0.15, 0.2) is 5.75 Å². The zero-order chi connectivity index (χ0) is 23.4. The van der Waals surface area contributed by atoms with Gasteiger partial charge in [-0.15, -0.1) is 0 Å². The molecule has 0 bridgehead atoms. The second-order valence-corrected chi connectivity index (χ2v) is 8.08. The Morgan fingerprint density at radius 2 is 1.70 bits per heavy atom. The van der Waals surface area contributed by atoms with Crippen molar-refractivity contribution in [3.8, 4) is 11.8 Å². The minimum Gasteiger partial charge on any atom is -0.486 e. The van der Waals surface area contributed by atoms with Gasteiger partial charge in [-0.25, -0.2) is 0 Å². The highest BCUT2D eigenvalue weighted by molar-refractivity contribution is 6.37. The normalized spacial score (nSPS) is 11.2. The Balaban J connectivity index is 1.57. The molecule has 0 aliphatic heterocycles. The number of non-ortho nitro benzene ring substituents is 1. The number of hydrogen-bond donors (Lipinski definition) is 0. The highest BCUT2D eigenvalue weighted by Gasteiger charge is 2.12. The van der Waals surface area contributed by atoms with E-state index in [4.69, 9.17) is 27.9 Å². The molecule has 4 rings (SSSR count). The van der Waals surface area contributed by atoms with Gasteiger partial charge in [-0.2, -0.15) is 5.26 Å². The summed E-state index contributed by atoms with van der Waals surface area (Å²) < 4.78 is 5.89. The van der Waals surface area contributed by atoms with Crippen molar-refractivity contribution in [2.45, 2.75) is 6.61 Å². The van der Waals surface area contributed by atoms with Gasteiger partial charge in [0.05, 0.1) is 26.6 Å². The van der Waals surface area contributed by atoms with E-state index in [1.54, 1.807) is 24.3 Å². The van der Waals surface area contributed by atoms with Crippen LogP contribution < -0.4 is 4.74 Å². The van der Waals surface area contributed by atoms with Gasteiger partial charge in [-0.05, 0) is 51.7 Å². The first-order chi connectivity index (χ1) is 15.9. The molecule has 0 aromatic heterocycles. The van der Waals surface area contributed by atoms with Gasteiger partial charge in [0, 0.05) is 12.1 Å². The van der Waals surface area contributed by atoms with E-state index < -0.39 is 4.92 Å². The highest BCUT2D eigenvalue weighted by atomic mass is 35.5. The van der Waals surface area contributed by atoms with Crippen LogP contribution in [0.5, 0.6) is 5.75 Å². The molecule has 0 spiro atoms. The molecule has 0 N–H and O–H groups in total. The molecule has 0 aliphatic rings. The summed E-state index contributed by atoms with van der Waals surface area (Å²) in [5.74, 6) is 0.345. The van der Waals surface area contributed by atoms with Crippen LogP contribution in [0, 0.1) is 21.4 Å². The van der Waals surface area contributed by atoms with Gasteiger partial charge >= 0.3 is 0 Å². The third-order valence-electron chi connectivity index (χ3n) is 5.02. The van der Waals surface area contributed by atoms with Crippen LogP contribution in [0.15, 0.2) is 78.9 Å². The standard InChI is InChI=1S/C26H16Cl2N2O3/c27-24-12-18(11-22(15-29)21-6-3-7-23(14-21)30(31)32)13-25(28)26(24)33-16-17-8-9-19-4-1-2-5-20(19)10-17/h1-14H,16H2/b22-11-. The molecule has 0 atom stereocenters. The topological polar surface area (TPSA) is 76.2 Å². The molecule has 0 saturated carbocycles. The van der Waals surface area contributed by atoms with Crippen molar-refractivity contribution in [1.29, 1.82) is 5.26 Å². The molecule has 4 aromatic carbocycles. The number of nitrogens with zero attached hydrogens (tertiary/aromatic N) is 2. The SMILES string of the molecule is N#C/C(=C/c1cc(Cl)c(OCc2ccc3ccccc3c2)c(Cl)c1)c1cccc([N+](=O)[O-])c1. The van der Waals surface area contributed by atoms with Crippen molar-refractivity contribution in [2.75, 3.05) is 0 Å². The molecule has 4 aromatic rings. The maximum atomic E-state index is 11.0. The lowest BCUT2D eigenvalue weighted by Gasteiger charge is -2.12. The zero-order valence-corrected chi connectivity index (χ0v) is 18.7. The largest absolute Gasteiger partial charge is 0.486 e. The van der Waals surface area contributed by atoms with Crippen molar-refractivity contribution < 1.29 is 9.66 Å². The highest BCUT2D eigenvalue weighted by Crippen LogP contribution is 2.36. The van der Waals surface area contributed by atoms with Gasteiger partial charge in [0.25, 0.3) is 5.69 Å². The number of rotatable bonds is 6. The Hall–Kier alpha value is -3.85. The van der Waals surface area contributed by atoms with Crippen LogP contribution >= 0.6 is 23.2 Å². The lowest BCUT2D eigenvalue weighted by molar-refractivity contribution is -0.384. The number of ether oxygens (including phenoxy) is 1. The number of nitriles is 1. The monoisotopic (exact) mass is 474 g/mol. The number of halogens is 2. The fourth-order valence-electron chi connectivity index (χ4n) is 3.42. The number of benzene rings is 4. The van der Waals surface area contributed by atoms with Crippen LogP contribution in [0.2, 0.25) is 10.0 Å². The summed E-state index contributed by atoms with van der Waals surface area (Å²) in [5.41, 5.74) is 2.13. The molecular formula is C26H16Cl2N2O3. The summed E-state index contributed by atoms with van der Waals surface area (Å²) >= 11 is 12.8. The summed E-state index contributed by atoms with van der Waals surface area (Å²) in [6, 6.07) is 25.3. The smallest absolute Gasteiger partial charge is 0.270 e. The Labute approximate surface area is 200 Å². The van der Waals surface area contributed by atoms with Crippen LogP contribution in [0.4, 0.5) is 5.69 Å². The van der Waals surface area contributed by atoms with E-state index in [1.165, 1.54) is 18.2 Å². The van der Waals surface area contributed by atoms with Crippen molar-refractivity contribution >= 4 is 51.3 Å². The fraction of sp³-hybridized carbons (Fsp3) is 0.0385. The molecule has 0 amide bonds. The molecule has 33 heavy (non-hydrogen) atoms. The first-order valence-corrected chi connectivity index (χ1v) is 10.7. The Morgan fingerprint density at radius 1 is 0.970 bits per heavy atom. The Bertz CT molecular complexity index is 1420. The van der Waals surface area contributed by atoms with E-state index in [1.807, 2.05) is 42.5 Å². The van der Waals surface area contributed by atoms with Gasteiger partial charge in [0.2, 0.25) is 0 Å². The molecule has 7 heteroatoms. The molecule has 0 unspecified atom stereocenters. The Kier molecular flexibility index (Phi) is 6.60. The summed E-state index contributed by atoms with van der Waals surface area (Å²) in [5, 5.41) is 23.5. The molecular weight excluding hydrogens is 459 g/mol. The zero-order valence-electron chi connectivity index (χ0n) is 17.2. The quantitative estimate of drug-likeness (QED) is 0.124. The number of nitro benzene ring substituents is 1. The van der Waals surface area contributed by atoms with Gasteiger partial charge < -0.3 is 4.74 Å². The van der Waals surface area contributed by atoms with Gasteiger partial charge in [-0.3, -0.25) is 10.1 Å². The van der Waals surface area contributed by atoms with E-state index in [9.17, 15) is 15.4 Å². The van der Waals surface area contributed by atoms with E-state index in [0.29, 0.717) is 26.9 Å². The van der Waals surface area contributed by atoms with Crippen molar-refractivity contribution in [3.05, 3.63) is 116 Å². The minimum atomic E-state index is -0.506. The van der Waals surface area contributed by atoms with Crippen molar-refractivity contribution in [2.24, 2.45) is 0 Å². The molecule has 0 radical (unpaired) electrons. The number of hydrogen-bond acceptors (Lipinski definition) is 4. The van der Waals surface area contributed by atoms with Crippen molar-refractivity contribution in [1.82, 2.24) is 0 Å². The number of fused-ring (bicyclic) bond motifs is 1. The number of allylic oxidation sites excluding steroid dienone is 1. The fourth-order valence-corrected chi connectivity index (χ4v) is 4.03. The Morgan fingerprint density at radius 3 is 2.39 bits per heavy atom. The molecule has 0 heterocycles. The van der Waals surface area contributed by atoms with E-state index in [2.05, 4.69) is 6.07 Å². The minimum absolute atomic E-state index is 0.0952. The maximum Gasteiger partial charge on any atom is 0.270 e. The van der Waals surface area contributed by atoms with E-state index in [0.717, 1.165) is 16.3 Å². The average Bonchev–Trinajstić information content (AvgIpc) is 2.82. The van der Waals surface area contributed by atoms with Crippen LogP contribution in [0.25, 0.3) is 22.4 Å². The molecule has 0 fully saturated rings. The van der Waals surface area contributed by atoms with Crippen LogP contribution in [0.3, 0.4) is 0 Å². The second-order valence-electron chi connectivity index (χ2n) is 7.26. The van der Waals surface area contributed by atoms with Crippen LogP contribution in [-0.2, 0) is 6.61 Å². The second kappa shape index (κ2) is 9.74. The van der Waals surface area contributed by atoms with E-state index >= 15 is 0 Å². The third kappa shape index (κ3) is 5.15. The molecule has 5 nitrogen and oxygen atoms in total. The summed E-state index contributed by atoms with van der Waals surface area (Å²) in [6.07, 6.45) is 1.57. The summed E-state index contributed by atoms with van der Waals surface area (Å²) in [4.78, 5) is 10.5. The third-order valence-corrected chi connectivity index (χ3v) is 5.58. The number of nitro groups is 1. The molecule has 0 saturated heterocycles. The molecule has 0 aliphatic carbocycles. The summed E-state index contributed by atoms with van der Waals surface area (Å²) in [6.45, 7) is 0.288. The summed E-state index contributed by atoms with van der Waals surface area (Å²) in [7, 11) is 0. The average molecular weight is 475 g/mol. The predicted octanol–water partition coefficient (Wildman–Crippen LogP) is 7.70. The predicted molar refractivity (Wildman–Crippen MR) is 131 cm³/mol. The first-order valence-electron chi connectivity index (χ1n) is 9.91. The van der Waals surface area contributed by atoms with Gasteiger partial charge in [-0.1, -0.05) is 71.7 Å². The van der Waals surface area contributed by atoms with Crippen molar-refractivity contribution in [3.63, 3.8) is 0 Å². The maximum absolute atomic E-state index is 11.0. The van der Waals surface area contributed by atoms with Crippen LogP contribution in [-0.4, -0.2) is 4.92 Å². The van der Waals surface area contributed by atoms with Crippen LogP contribution in [0.1, 0.15) is 16.7 Å².